The molecule has 1 saturated heterocycles. The van der Waals surface area contributed by atoms with Gasteiger partial charge in [-0.3, -0.25) is 9.59 Å². The maximum absolute atomic E-state index is 12.5. The second-order valence-corrected chi connectivity index (χ2v) is 5.83. The highest BCUT2D eigenvalue weighted by Gasteiger charge is 2.34. The minimum absolute atomic E-state index is 0.125. The van der Waals surface area contributed by atoms with Gasteiger partial charge in [-0.15, -0.1) is 0 Å². The molecule has 7 nitrogen and oxygen atoms in total. The van der Waals surface area contributed by atoms with E-state index in [4.69, 9.17) is 20.9 Å². The van der Waals surface area contributed by atoms with E-state index in [9.17, 15) is 9.59 Å². The van der Waals surface area contributed by atoms with Gasteiger partial charge in [0.15, 0.2) is 11.5 Å². The lowest BCUT2D eigenvalue weighted by Crippen LogP contribution is -2.41. The number of hydrogen-bond donors (Lipinski definition) is 1. The maximum Gasteiger partial charge on any atom is 0.274 e. The Bertz CT molecular complexity index is 744. The summed E-state index contributed by atoms with van der Waals surface area (Å²) in [6.07, 6.45) is 0.524. The zero-order chi connectivity index (χ0) is 17.1. The van der Waals surface area contributed by atoms with Crippen LogP contribution in [0.4, 0.5) is 5.69 Å². The molecule has 1 aromatic heterocycles. The van der Waals surface area contributed by atoms with Crippen LogP contribution in [0.3, 0.4) is 0 Å². The highest BCUT2D eigenvalue weighted by molar-refractivity contribution is 6.30. The third-order valence-corrected chi connectivity index (χ3v) is 3.98. The van der Waals surface area contributed by atoms with Gasteiger partial charge in [-0.1, -0.05) is 16.8 Å². The summed E-state index contributed by atoms with van der Waals surface area (Å²) >= 11 is 5.86. The van der Waals surface area contributed by atoms with E-state index in [2.05, 4.69) is 10.5 Å². The van der Waals surface area contributed by atoms with E-state index in [-0.39, 0.29) is 18.2 Å². The van der Waals surface area contributed by atoms with Crippen LogP contribution in [0.5, 0.6) is 0 Å². The van der Waals surface area contributed by atoms with Gasteiger partial charge in [0.2, 0.25) is 5.91 Å². The Kier molecular flexibility index (Phi) is 4.82. The van der Waals surface area contributed by atoms with E-state index in [1.54, 1.807) is 29.2 Å². The van der Waals surface area contributed by atoms with Crippen molar-refractivity contribution in [2.75, 3.05) is 18.6 Å². The van der Waals surface area contributed by atoms with Crippen LogP contribution in [-0.2, 0) is 16.1 Å². The zero-order valence-electron chi connectivity index (χ0n) is 13.0. The minimum Gasteiger partial charge on any atom is -0.377 e. The van der Waals surface area contributed by atoms with Gasteiger partial charge in [0.1, 0.15) is 12.6 Å². The Morgan fingerprint density at radius 2 is 2.21 bits per heavy atom. The molecule has 24 heavy (non-hydrogen) atoms. The fraction of sp³-hybridized carbons (Fsp3) is 0.312. The van der Waals surface area contributed by atoms with E-state index in [0.717, 1.165) is 5.69 Å². The molecule has 2 aromatic rings. The molecule has 1 aliphatic rings. The van der Waals surface area contributed by atoms with Gasteiger partial charge >= 0.3 is 0 Å². The maximum atomic E-state index is 12.5. The summed E-state index contributed by atoms with van der Waals surface area (Å²) in [5.41, 5.74) is 0.879. The first-order chi connectivity index (χ1) is 11.6. The molecule has 0 aliphatic carbocycles. The number of benzene rings is 1. The predicted molar refractivity (Wildman–Crippen MR) is 86.9 cm³/mol. The van der Waals surface area contributed by atoms with Crippen molar-refractivity contribution in [1.82, 2.24) is 10.5 Å². The molecule has 8 heteroatoms. The molecule has 2 heterocycles. The molecule has 3 rings (SSSR count). The quantitative estimate of drug-likeness (QED) is 0.892. The Labute approximate surface area is 143 Å². The van der Waals surface area contributed by atoms with Crippen molar-refractivity contribution in [2.24, 2.45) is 0 Å². The summed E-state index contributed by atoms with van der Waals surface area (Å²) < 4.78 is 9.88. The first kappa shape index (κ1) is 16.5. The summed E-state index contributed by atoms with van der Waals surface area (Å²) in [5.74, 6) is -0.160. The number of nitrogens with one attached hydrogen (secondary N) is 1. The van der Waals surface area contributed by atoms with E-state index < -0.39 is 11.9 Å². The number of halogens is 1. The van der Waals surface area contributed by atoms with Gasteiger partial charge in [0.25, 0.3) is 5.91 Å². The first-order valence-corrected chi connectivity index (χ1v) is 7.78. The van der Waals surface area contributed by atoms with Crippen molar-refractivity contribution in [3.63, 3.8) is 0 Å². The second kappa shape index (κ2) is 7.02. The van der Waals surface area contributed by atoms with Crippen LogP contribution in [0.25, 0.3) is 0 Å². The second-order valence-electron chi connectivity index (χ2n) is 5.39. The molecule has 126 valence electrons. The van der Waals surface area contributed by atoms with Crippen molar-refractivity contribution < 1.29 is 18.8 Å². The number of anilines is 1. The van der Waals surface area contributed by atoms with Crippen LogP contribution in [0, 0.1) is 0 Å². The zero-order valence-corrected chi connectivity index (χ0v) is 13.7. The molecule has 2 amide bonds. The van der Waals surface area contributed by atoms with Crippen LogP contribution in [0.2, 0.25) is 5.02 Å². The standard InChI is InChI=1S/C16H16ClN3O4/c1-23-9-12-8-14(19-24-12)15(21)18-13-6-7-20(16(13)22)11-4-2-10(17)3-5-11/h2-5,8,13H,6-7,9H2,1H3,(H,18,21)/t13-/m0/s1. The van der Waals surface area contributed by atoms with E-state index in [0.29, 0.717) is 23.7 Å². The molecule has 0 radical (unpaired) electrons. The molecular formula is C16H16ClN3O4. The monoisotopic (exact) mass is 349 g/mol. The van der Waals surface area contributed by atoms with Gasteiger partial charge < -0.3 is 19.5 Å². The van der Waals surface area contributed by atoms with E-state index in [1.807, 2.05) is 0 Å². The number of hydrogen-bond acceptors (Lipinski definition) is 5. The number of methoxy groups -OCH3 is 1. The summed E-state index contributed by atoms with van der Waals surface area (Å²) in [7, 11) is 1.52. The average Bonchev–Trinajstić information content (AvgIpc) is 3.17. The van der Waals surface area contributed by atoms with Gasteiger partial charge in [-0.25, -0.2) is 0 Å². The Morgan fingerprint density at radius 1 is 1.46 bits per heavy atom. The van der Waals surface area contributed by atoms with Crippen LogP contribution in [0.15, 0.2) is 34.9 Å². The number of amides is 2. The molecule has 1 aliphatic heterocycles. The Morgan fingerprint density at radius 3 is 2.92 bits per heavy atom. The smallest absolute Gasteiger partial charge is 0.274 e. The van der Waals surface area contributed by atoms with Crippen molar-refractivity contribution in [2.45, 2.75) is 19.1 Å². The van der Waals surface area contributed by atoms with Crippen LogP contribution >= 0.6 is 11.6 Å². The first-order valence-electron chi connectivity index (χ1n) is 7.41. The number of aromatic nitrogens is 1. The van der Waals surface area contributed by atoms with Crippen LogP contribution in [0.1, 0.15) is 22.7 Å². The highest BCUT2D eigenvalue weighted by Crippen LogP contribution is 2.23. The molecule has 0 unspecified atom stereocenters. The Hall–Kier alpha value is -2.38. The lowest BCUT2D eigenvalue weighted by molar-refractivity contribution is -0.118. The molecule has 0 saturated carbocycles. The largest absolute Gasteiger partial charge is 0.377 e. The molecule has 1 atom stereocenters. The number of carbonyl (C=O) groups is 2. The molecular weight excluding hydrogens is 334 g/mol. The van der Waals surface area contributed by atoms with Gasteiger partial charge in [0, 0.05) is 30.4 Å². The number of rotatable bonds is 5. The van der Waals surface area contributed by atoms with Crippen molar-refractivity contribution in [3.8, 4) is 0 Å². The number of carbonyl (C=O) groups excluding carboxylic acids is 2. The van der Waals surface area contributed by atoms with Crippen molar-refractivity contribution >= 4 is 29.1 Å². The average molecular weight is 350 g/mol. The third kappa shape index (κ3) is 3.42. The lowest BCUT2D eigenvalue weighted by Gasteiger charge is -2.17. The van der Waals surface area contributed by atoms with Crippen molar-refractivity contribution in [3.05, 3.63) is 46.8 Å². The minimum atomic E-state index is -0.587. The fourth-order valence-corrected chi connectivity index (χ4v) is 2.68. The number of nitrogens with zero attached hydrogens (tertiary/aromatic N) is 2. The topological polar surface area (TPSA) is 84.7 Å². The van der Waals surface area contributed by atoms with Gasteiger partial charge in [0.05, 0.1) is 0 Å². The van der Waals surface area contributed by atoms with E-state index in [1.165, 1.54) is 13.2 Å². The summed E-state index contributed by atoms with van der Waals surface area (Å²) in [5, 5.41) is 6.98. The predicted octanol–water partition coefficient (Wildman–Crippen LogP) is 2.01. The van der Waals surface area contributed by atoms with Gasteiger partial charge in [-0.2, -0.15) is 0 Å². The third-order valence-electron chi connectivity index (χ3n) is 3.73. The van der Waals surface area contributed by atoms with Crippen LogP contribution < -0.4 is 10.2 Å². The summed E-state index contributed by atoms with van der Waals surface area (Å²) in [6, 6.07) is 7.91. The SMILES string of the molecule is COCc1cc(C(=O)N[C@H]2CCN(c3ccc(Cl)cc3)C2=O)no1. The van der Waals surface area contributed by atoms with Crippen molar-refractivity contribution in [1.29, 1.82) is 0 Å². The van der Waals surface area contributed by atoms with Crippen LogP contribution in [-0.4, -0.2) is 36.7 Å². The molecule has 1 fully saturated rings. The lowest BCUT2D eigenvalue weighted by atomic mass is 10.2. The molecule has 1 aromatic carbocycles. The molecule has 0 bridgehead atoms. The molecule has 0 spiro atoms. The van der Waals surface area contributed by atoms with Gasteiger partial charge in [-0.05, 0) is 30.7 Å². The summed E-state index contributed by atoms with van der Waals surface area (Å²) in [6.45, 7) is 0.756. The summed E-state index contributed by atoms with van der Waals surface area (Å²) in [4.78, 5) is 26.3. The normalized spacial score (nSPS) is 17.3. The highest BCUT2D eigenvalue weighted by atomic mass is 35.5. The number of ether oxygens (including phenoxy) is 1. The Balaban J connectivity index is 1.64. The van der Waals surface area contributed by atoms with E-state index >= 15 is 0 Å². The molecule has 1 N–H and O–H groups in total. The fourth-order valence-electron chi connectivity index (χ4n) is 2.55.